The second-order valence-corrected chi connectivity index (χ2v) is 6.72. The molecular weight excluding hydrogens is 296 g/mol. The summed E-state index contributed by atoms with van der Waals surface area (Å²) >= 11 is 1.88. The smallest absolute Gasteiger partial charge is 0.255 e. The molecule has 0 aliphatic carbocycles. The molecule has 122 valence electrons. The van der Waals surface area contributed by atoms with Gasteiger partial charge in [-0.2, -0.15) is 11.8 Å². The van der Waals surface area contributed by atoms with Crippen molar-refractivity contribution in [2.24, 2.45) is 0 Å². The number of hydrogen-bond donors (Lipinski definition) is 1. The fraction of sp³-hybridized carbons (Fsp3) is 0.588. The van der Waals surface area contributed by atoms with E-state index in [4.69, 9.17) is 4.74 Å². The number of nitrogens with one attached hydrogen (secondary N) is 1. The van der Waals surface area contributed by atoms with E-state index in [-0.39, 0.29) is 11.9 Å². The Morgan fingerprint density at radius 3 is 2.77 bits per heavy atom. The molecular formula is C17H26N2O2S. The molecule has 1 saturated heterocycles. The molecule has 22 heavy (non-hydrogen) atoms. The standard InChI is InChI=1S/C17H26N2O2S/c1-13-5-4-6-15(21-2)16(13)17(20)18-14-7-9-19(10-8-14)11-12-22-3/h4-6,14H,7-12H2,1-3H3,(H,18,20). The summed E-state index contributed by atoms with van der Waals surface area (Å²) in [7, 11) is 1.61. The van der Waals surface area contributed by atoms with Gasteiger partial charge in [-0.25, -0.2) is 0 Å². The molecule has 0 saturated carbocycles. The van der Waals surface area contributed by atoms with E-state index in [1.54, 1.807) is 7.11 Å². The molecule has 1 fully saturated rings. The number of thioether (sulfide) groups is 1. The Hall–Kier alpha value is -1.20. The third-order valence-corrected chi connectivity index (χ3v) is 4.81. The van der Waals surface area contributed by atoms with E-state index in [0.717, 1.165) is 38.0 Å². The van der Waals surface area contributed by atoms with E-state index in [1.807, 2.05) is 36.9 Å². The average molecular weight is 322 g/mol. The van der Waals surface area contributed by atoms with Crippen LogP contribution in [-0.4, -0.2) is 55.6 Å². The lowest BCUT2D eigenvalue weighted by atomic mass is 10.0. The number of likely N-dealkylation sites (tertiary alicyclic amines) is 1. The van der Waals surface area contributed by atoms with E-state index in [9.17, 15) is 4.79 Å². The van der Waals surface area contributed by atoms with Crippen molar-refractivity contribution in [3.63, 3.8) is 0 Å². The molecule has 1 aliphatic rings. The number of carbonyl (C=O) groups excluding carboxylic acids is 1. The van der Waals surface area contributed by atoms with Gasteiger partial charge in [-0.1, -0.05) is 12.1 Å². The topological polar surface area (TPSA) is 41.6 Å². The first kappa shape index (κ1) is 17.2. The highest BCUT2D eigenvalue weighted by Crippen LogP contribution is 2.22. The number of aryl methyl sites for hydroxylation is 1. The van der Waals surface area contributed by atoms with Gasteiger partial charge in [0.1, 0.15) is 5.75 Å². The van der Waals surface area contributed by atoms with Crippen LogP contribution < -0.4 is 10.1 Å². The summed E-state index contributed by atoms with van der Waals surface area (Å²) in [6, 6.07) is 5.97. The molecule has 1 aliphatic heterocycles. The number of amides is 1. The zero-order valence-electron chi connectivity index (χ0n) is 13.7. The summed E-state index contributed by atoms with van der Waals surface area (Å²) in [6.07, 6.45) is 4.19. The zero-order valence-corrected chi connectivity index (χ0v) is 14.5. The Labute approximate surface area is 137 Å². The van der Waals surface area contributed by atoms with Gasteiger partial charge in [0.25, 0.3) is 5.91 Å². The lowest BCUT2D eigenvalue weighted by Crippen LogP contribution is -2.45. The van der Waals surface area contributed by atoms with Crippen molar-refractivity contribution in [3.8, 4) is 5.75 Å². The average Bonchev–Trinajstić information content (AvgIpc) is 2.53. The van der Waals surface area contributed by atoms with Crippen molar-refractivity contribution in [1.29, 1.82) is 0 Å². The first-order chi connectivity index (χ1) is 10.7. The number of ether oxygens (including phenoxy) is 1. The second-order valence-electron chi connectivity index (χ2n) is 5.73. The molecule has 0 unspecified atom stereocenters. The molecule has 1 amide bonds. The lowest BCUT2D eigenvalue weighted by Gasteiger charge is -2.32. The molecule has 0 aromatic heterocycles. The number of benzene rings is 1. The van der Waals surface area contributed by atoms with Crippen molar-refractivity contribution < 1.29 is 9.53 Å². The summed E-state index contributed by atoms with van der Waals surface area (Å²) in [5, 5.41) is 3.18. The predicted octanol–water partition coefficient (Wildman–Crippen LogP) is 2.56. The number of nitrogens with zero attached hydrogens (tertiary/aromatic N) is 1. The van der Waals surface area contributed by atoms with Crippen LogP contribution in [-0.2, 0) is 0 Å². The fourth-order valence-electron chi connectivity index (χ4n) is 2.88. The highest BCUT2D eigenvalue weighted by molar-refractivity contribution is 7.98. The molecule has 0 atom stereocenters. The first-order valence-electron chi connectivity index (χ1n) is 7.81. The van der Waals surface area contributed by atoms with Crippen LogP contribution in [0.4, 0.5) is 0 Å². The lowest BCUT2D eigenvalue weighted by molar-refractivity contribution is 0.0909. The minimum absolute atomic E-state index is 0.0162. The van der Waals surface area contributed by atoms with Crippen LogP contribution in [0, 0.1) is 6.92 Å². The maximum Gasteiger partial charge on any atom is 0.255 e. The van der Waals surface area contributed by atoms with Gasteiger partial charge in [-0.15, -0.1) is 0 Å². The predicted molar refractivity (Wildman–Crippen MR) is 93.0 cm³/mol. The van der Waals surface area contributed by atoms with Gasteiger partial charge in [0.15, 0.2) is 0 Å². The number of methoxy groups -OCH3 is 1. The van der Waals surface area contributed by atoms with E-state index >= 15 is 0 Å². The number of rotatable bonds is 6. The van der Waals surface area contributed by atoms with Gasteiger partial charge >= 0.3 is 0 Å². The molecule has 2 rings (SSSR count). The van der Waals surface area contributed by atoms with Crippen LogP contribution in [0.2, 0.25) is 0 Å². The Kier molecular flexibility index (Phi) is 6.58. The fourth-order valence-corrected chi connectivity index (χ4v) is 3.32. The van der Waals surface area contributed by atoms with Crippen LogP contribution in [0.1, 0.15) is 28.8 Å². The Morgan fingerprint density at radius 2 is 2.14 bits per heavy atom. The Bertz CT molecular complexity index is 499. The minimum Gasteiger partial charge on any atom is -0.496 e. The van der Waals surface area contributed by atoms with Crippen LogP contribution >= 0.6 is 11.8 Å². The first-order valence-corrected chi connectivity index (χ1v) is 9.21. The summed E-state index contributed by atoms with van der Waals surface area (Å²) < 4.78 is 5.33. The van der Waals surface area contributed by atoms with Crippen molar-refractivity contribution in [1.82, 2.24) is 10.2 Å². The summed E-state index contributed by atoms with van der Waals surface area (Å²) in [6.45, 7) is 5.22. The van der Waals surface area contributed by atoms with Crippen molar-refractivity contribution >= 4 is 17.7 Å². The van der Waals surface area contributed by atoms with E-state index in [1.165, 1.54) is 5.75 Å². The second kappa shape index (κ2) is 8.44. The summed E-state index contributed by atoms with van der Waals surface area (Å²) in [5.74, 6) is 1.81. The molecule has 0 bridgehead atoms. The molecule has 4 nitrogen and oxygen atoms in total. The van der Waals surface area contributed by atoms with Gasteiger partial charge in [0.05, 0.1) is 12.7 Å². The van der Waals surface area contributed by atoms with Crippen molar-refractivity contribution in [2.45, 2.75) is 25.8 Å². The molecule has 5 heteroatoms. The third-order valence-electron chi connectivity index (χ3n) is 4.22. The van der Waals surface area contributed by atoms with Crippen molar-refractivity contribution in [2.75, 3.05) is 38.8 Å². The monoisotopic (exact) mass is 322 g/mol. The quantitative estimate of drug-likeness (QED) is 0.874. The van der Waals surface area contributed by atoms with Gasteiger partial charge in [-0.05, 0) is 37.7 Å². The van der Waals surface area contributed by atoms with E-state index in [0.29, 0.717) is 11.3 Å². The Balaban J connectivity index is 1.91. The normalized spacial score (nSPS) is 16.5. The minimum atomic E-state index is -0.0162. The van der Waals surface area contributed by atoms with Crippen LogP contribution in [0.3, 0.4) is 0 Å². The zero-order chi connectivity index (χ0) is 15.9. The van der Waals surface area contributed by atoms with E-state index in [2.05, 4.69) is 16.5 Å². The third kappa shape index (κ3) is 4.40. The van der Waals surface area contributed by atoms with Gasteiger partial charge in [-0.3, -0.25) is 4.79 Å². The summed E-state index contributed by atoms with van der Waals surface area (Å²) in [4.78, 5) is 15.0. The molecule has 1 aromatic rings. The van der Waals surface area contributed by atoms with E-state index < -0.39 is 0 Å². The molecule has 1 heterocycles. The van der Waals surface area contributed by atoms with Crippen molar-refractivity contribution in [3.05, 3.63) is 29.3 Å². The van der Waals surface area contributed by atoms with Crippen LogP contribution in [0.15, 0.2) is 18.2 Å². The summed E-state index contributed by atoms with van der Waals surface area (Å²) in [5.41, 5.74) is 1.61. The maximum atomic E-state index is 12.6. The largest absolute Gasteiger partial charge is 0.496 e. The van der Waals surface area contributed by atoms with Crippen LogP contribution in [0.25, 0.3) is 0 Å². The number of piperidine rings is 1. The molecule has 0 radical (unpaired) electrons. The van der Waals surface area contributed by atoms with Gasteiger partial charge in [0, 0.05) is 31.4 Å². The molecule has 0 spiro atoms. The number of carbonyl (C=O) groups is 1. The Morgan fingerprint density at radius 1 is 1.41 bits per heavy atom. The highest BCUT2D eigenvalue weighted by Gasteiger charge is 2.23. The maximum absolute atomic E-state index is 12.6. The van der Waals surface area contributed by atoms with Crippen LogP contribution in [0.5, 0.6) is 5.75 Å². The van der Waals surface area contributed by atoms with Gasteiger partial charge < -0.3 is 15.0 Å². The molecule has 1 aromatic carbocycles. The van der Waals surface area contributed by atoms with Gasteiger partial charge in [0.2, 0.25) is 0 Å². The molecule has 1 N–H and O–H groups in total. The number of hydrogen-bond acceptors (Lipinski definition) is 4. The SMILES string of the molecule is COc1cccc(C)c1C(=O)NC1CCN(CCSC)CC1. The highest BCUT2D eigenvalue weighted by atomic mass is 32.2.